The zero-order chi connectivity index (χ0) is 14.5. The number of rotatable bonds is 4. The highest BCUT2D eigenvalue weighted by Gasteiger charge is 2.15. The van der Waals surface area contributed by atoms with Crippen molar-refractivity contribution in [3.8, 4) is 0 Å². The Morgan fingerprint density at radius 1 is 1.23 bits per heavy atom. The van der Waals surface area contributed by atoms with Crippen LogP contribution in [0.1, 0.15) is 36.0 Å². The van der Waals surface area contributed by atoms with Crippen molar-refractivity contribution < 1.29 is 0 Å². The Hall–Kier alpha value is -0.430. The van der Waals surface area contributed by atoms with Crippen LogP contribution in [0.15, 0.2) is 23.2 Å². The number of benzene rings is 1. The number of hydrogen-bond acceptors (Lipinski definition) is 2. The molecule has 1 heterocycles. The molecule has 0 spiro atoms. The van der Waals surface area contributed by atoms with Gasteiger partial charge in [0.15, 0.2) is 5.96 Å². The molecule has 0 radical (unpaired) electrons. The fraction of sp³-hybridized carbons (Fsp3) is 0.588. The molecule has 1 aliphatic carbocycles. The summed E-state index contributed by atoms with van der Waals surface area (Å²) in [6.07, 6.45) is 6.51. The van der Waals surface area contributed by atoms with Crippen LogP contribution in [0.3, 0.4) is 0 Å². The number of nitrogens with one attached hydrogen (secondary N) is 2. The van der Waals surface area contributed by atoms with Gasteiger partial charge in [0.25, 0.3) is 0 Å². The van der Waals surface area contributed by atoms with Crippen molar-refractivity contribution in [1.29, 1.82) is 0 Å². The van der Waals surface area contributed by atoms with Gasteiger partial charge in [-0.05, 0) is 54.5 Å². The van der Waals surface area contributed by atoms with Gasteiger partial charge >= 0.3 is 0 Å². The second-order valence-electron chi connectivity index (χ2n) is 5.90. The lowest BCUT2D eigenvalue weighted by molar-refractivity contribution is 0.726. The maximum atomic E-state index is 4.32. The molecule has 2 aliphatic rings. The number of nitrogens with zero attached hydrogens (tertiary/aromatic N) is 1. The van der Waals surface area contributed by atoms with E-state index in [0.29, 0.717) is 0 Å². The van der Waals surface area contributed by atoms with Crippen LogP contribution in [-0.4, -0.2) is 30.6 Å². The molecule has 1 saturated heterocycles. The molecule has 3 rings (SSSR count). The summed E-state index contributed by atoms with van der Waals surface area (Å²) in [4.78, 5) is 4.32. The molecule has 1 aromatic carbocycles. The third kappa shape index (κ3) is 4.78. The van der Waals surface area contributed by atoms with Crippen LogP contribution >= 0.6 is 35.7 Å². The van der Waals surface area contributed by atoms with Crippen LogP contribution in [0, 0.1) is 0 Å². The third-order valence-electron chi connectivity index (χ3n) is 4.37. The number of fused-ring (bicyclic) bond motifs is 1. The van der Waals surface area contributed by atoms with E-state index in [-0.39, 0.29) is 24.0 Å². The highest BCUT2D eigenvalue weighted by Crippen LogP contribution is 2.25. The van der Waals surface area contributed by atoms with E-state index in [1.807, 2.05) is 7.05 Å². The van der Waals surface area contributed by atoms with Gasteiger partial charge in [0.2, 0.25) is 0 Å². The first-order valence-electron chi connectivity index (χ1n) is 8.02. The Kier molecular flexibility index (Phi) is 7.34. The Bertz CT molecular complexity index is 513. The summed E-state index contributed by atoms with van der Waals surface area (Å²) in [7, 11) is 1.85. The van der Waals surface area contributed by atoms with E-state index >= 15 is 0 Å². The van der Waals surface area contributed by atoms with Crippen molar-refractivity contribution in [2.24, 2.45) is 4.99 Å². The Morgan fingerprint density at radius 3 is 2.86 bits per heavy atom. The van der Waals surface area contributed by atoms with E-state index in [4.69, 9.17) is 0 Å². The summed E-state index contributed by atoms with van der Waals surface area (Å²) in [5, 5.41) is 7.64. The van der Waals surface area contributed by atoms with Crippen molar-refractivity contribution in [1.82, 2.24) is 10.6 Å². The molecule has 2 N–H and O–H groups in total. The van der Waals surface area contributed by atoms with Gasteiger partial charge in [-0.1, -0.05) is 18.2 Å². The molecule has 0 saturated carbocycles. The summed E-state index contributed by atoms with van der Waals surface area (Å²) in [6.45, 7) is 1.87. The Morgan fingerprint density at radius 2 is 2.09 bits per heavy atom. The lowest BCUT2D eigenvalue weighted by atomic mass is 10.1. The topological polar surface area (TPSA) is 36.4 Å². The fourth-order valence-corrected chi connectivity index (χ4v) is 4.36. The van der Waals surface area contributed by atoms with Crippen LogP contribution in [0.25, 0.3) is 0 Å². The van der Waals surface area contributed by atoms with Gasteiger partial charge in [0, 0.05) is 25.4 Å². The number of guanidine groups is 1. The molecular weight excluding hydrogens is 405 g/mol. The molecular formula is C17H26IN3S. The average Bonchev–Trinajstić information content (AvgIpc) is 3.18. The second-order valence-corrected chi connectivity index (χ2v) is 7.31. The van der Waals surface area contributed by atoms with Gasteiger partial charge < -0.3 is 10.6 Å². The van der Waals surface area contributed by atoms with E-state index < -0.39 is 0 Å². The van der Waals surface area contributed by atoms with Gasteiger partial charge in [-0.25, -0.2) is 0 Å². The lowest BCUT2D eigenvalue weighted by Crippen LogP contribution is -2.39. The predicted octanol–water partition coefficient (Wildman–Crippen LogP) is 3.35. The predicted molar refractivity (Wildman–Crippen MR) is 108 cm³/mol. The summed E-state index contributed by atoms with van der Waals surface area (Å²) in [5.74, 6) is 2.23. The Balaban J connectivity index is 0.00000176. The SMILES string of the molecule is CN=C(NCc1ccc2c(c1)CCC2)NCC1CCCS1.I. The molecule has 122 valence electrons. The number of aliphatic imine (C=N–C) groups is 1. The molecule has 0 bridgehead atoms. The minimum atomic E-state index is 0. The van der Waals surface area contributed by atoms with Gasteiger partial charge in [0.1, 0.15) is 0 Å². The number of aryl methyl sites for hydroxylation is 2. The fourth-order valence-electron chi connectivity index (χ4n) is 3.16. The first-order chi connectivity index (χ1) is 10.3. The summed E-state index contributed by atoms with van der Waals surface area (Å²) >= 11 is 2.08. The molecule has 22 heavy (non-hydrogen) atoms. The van der Waals surface area contributed by atoms with E-state index in [1.54, 1.807) is 11.1 Å². The maximum absolute atomic E-state index is 4.32. The van der Waals surface area contributed by atoms with Crippen LogP contribution in [-0.2, 0) is 19.4 Å². The second kappa shape index (κ2) is 9.01. The van der Waals surface area contributed by atoms with Gasteiger partial charge in [-0.2, -0.15) is 11.8 Å². The third-order valence-corrected chi connectivity index (χ3v) is 5.77. The minimum absolute atomic E-state index is 0. The van der Waals surface area contributed by atoms with Crippen LogP contribution in [0.5, 0.6) is 0 Å². The molecule has 1 aromatic rings. The van der Waals surface area contributed by atoms with Crippen LogP contribution in [0.4, 0.5) is 0 Å². The lowest BCUT2D eigenvalue weighted by Gasteiger charge is -2.15. The van der Waals surface area contributed by atoms with Crippen molar-refractivity contribution in [3.05, 3.63) is 34.9 Å². The molecule has 1 unspecified atom stereocenters. The monoisotopic (exact) mass is 431 g/mol. The van der Waals surface area contributed by atoms with Gasteiger partial charge in [-0.3, -0.25) is 4.99 Å². The van der Waals surface area contributed by atoms with E-state index in [2.05, 4.69) is 45.6 Å². The molecule has 5 heteroatoms. The van der Waals surface area contributed by atoms with Crippen molar-refractivity contribution in [2.75, 3.05) is 19.3 Å². The molecule has 1 aliphatic heterocycles. The number of halogens is 1. The largest absolute Gasteiger partial charge is 0.355 e. The smallest absolute Gasteiger partial charge is 0.191 e. The number of thioether (sulfide) groups is 1. The van der Waals surface area contributed by atoms with Crippen molar-refractivity contribution >= 4 is 41.7 Å². The molecule has 0 aromatic heterocycles. The normalized spacial score (nSPS) is 20.4. The van der Waals surface area contributed by atoms with Crippen molar-refractivity contribution in [2.45, 2.75) is 43.9 Å². The van der Waals surface area contributed by atoms with Crippen LogP contribution < -0.4 is 10.6 Å². The highest BCUT2D eigenvalue weighted by molar-refractivity contribution is 14.0. The first kappa shape index (κ1) is 17.9. The summed E-state index contributed by atoms with van der Waals surface area (Å²) < 4.78 is 0. The van der Waals surface area contributed by atoms with Gasteiger partial charge in [-0.15, -0.1) is 24.0 Å². The van der Waals surface area contributed by atoms with Gasteiger partial charge in [0.05, 0.1) is 0 Å². The van der Waals surface area contributed by atoms with E-state index in [0.717, 1.165) is 24.3 Å². The molecule has 3 nitrogen and oxygen atoms in total. The van der Waals surface area contributed by atoms with Crippen LogP contribution in [0.2, 0.25) is 0 Å². The summed E-state index contributed by atoms with van der Waals surface area (Å²) in [6, 6.07) is 6.90. The zero-order valence-corrected chi connectivity index (χ0v) is 16.4. The van der Waals surface area contributed by atoms with E-state index in [1.165, 1.54) is 43.4 Å². The summed E-state index contributed by atoms with van der Waals surface area (Å²) in [5.41, 5.74) is 4.44. The molecule has 0 amide bonds. The minimum Gasteiger partial charge on any atom is -0.355 e. The molecule has 1 atom stereocenters. The average molecular weight is 431 g/mol. The highest BCUT2D eigenvalue weighted by atomic mass is 127. The zero-order valence-electron chi connectivity index (χ0n) is 13.2. The van der Waals surface area contributed by atoms with E-state index in [9.17, 15) is 0 Å². The first-order valence-corrected chi connectivity index (χ1v) is 9.07. The van der Waals surface area contributed by atoms with Crippen molar-refractivity contribution in [3.63, 3.8) is 0 Å². The number of hydrogen-bond donors (Lipinski definition) is 2. The Labute approximate surface area is 155 Å². The maximum Gasteiger partial charge on any atom is 0.191 e. The quantitative estimate of drug-likeness (QED) is 0.436. The standard InChI is InChI=1S/C17H25N3S.HI/c1-18-17(20-12-16-6-3-9-21-16)19-11-13-7-8-14-4-2-5-15(14)10-13;/h7-8,10,16H,2-6,9,11-12H2,1H3,(H2,18,19,20);1H. The molecule has 1 fully saturated rings.